The van der Waals surface area contributed by atoms with Crippen LogP contribution in [0.5, 0.6) is 0 Å². The number of nitrogens with zero attached hydrogens (tertiary/aromatic N) is 1. The highest BCUT2D eigenvalue weighted by molar-refractivity contribution is 8.00. The van der Waals surface area contributed by atoms with Crippen molar-refractivity contribution >= 4 is 17.6 Å². The standard InChI is InChI=1S/C11H13FN2S/c12-9-3-1-2-4-10(9)15-7-11(13)14-8-5-6-8/h1-4,8H,5-7H2,(H2,13,14). The summed E-state index contributed by atoms with van der Waals surface area (Å²) in [5.41, 5.74) is 5.72. The molecule has 2 nitrogen and oxygen atoms in total. The largest absolute Gasteiger partial charge is 0.387 e. The van der Waals surface area contributed by atoms with Crippen LogP contribution in [0.1, 0.15) is 12.8 Å². The fourth-order valence-corrected chi connectivity index (χ4v) is 1.95. The third-order valence-corrected chi connectivity index (χ3v) is 3.19. The van der Waals surface area contributed by atoms with E-state index in [4.69, 9.17) is 5.73 Å². The van der Waals surface area contributed by atoms with Gasteiger partial charge in [0.25, 0.3) is 0 Å². The molecular weight excluding hydrogens is 211 g/mol. The number of nitrogens with two attached hydrogens (primary N) is 1. The van der Waals surface area contributed by atoms with Gasteiger partial charge in [-0.2, -0.15) is 0 Å². The van der Waals surface area contributed by atoms with Crippen molar-refractivity contribution in [2.45, 2.75) is 23.8 Å². The van der Waals surface area contributed by atoms with Crippen LogP contribution in [0.25, 0.3) is 0 Å². The molecule has 2 rings (SSSR count). The summed E-state index contributed by atoms with van der Waals surface area (Å²) in [7, 11) is 0. The van der Waals surface area contributed by atoms with Gasteiger partial charge in [0, 0.05) is 4.90 Å². The van der Waals surface area contributed by atoms with E-state index in [-0.39, 0.29) is 5.82 Å². The first-order chi connectivity index (χ1) is 7.25. The van der Waals surface area contributed by atoms with Gasteiger partial charge in [-0.05, 0) is 25.0 Å². The van der Waals surface area contributed by atoms with Crippen LogP contribution in [0.3, 0.4) is 0 Å². The van der Waals surface area contributed by atoms with Crippen molar-refractivity contribution in [3.05, 3.63) is 30.1 Å². The van der Waals surface area contributed by atoms with Gasteiger partial charge in [-0.15, -0.1) is 11.8 Å². The molecule has 1 fully saturated rings. The zero-order valence-corrected chi connectivity index (χ0v) is 9.14. The Morgan fingerprint density at radius 1 is 1.47 bits per heavy atom. The normalized spacial score (nSPS) is 16.7. The molecule has 0 unspecified atom stereocenters. The molecule has 0 atom stereocenters. The van der Waals surface area contributed by atoms with Gasteiger partial charge in [0.2, 0.25) is 0 Å². The number of aliphatic imine (C=N–C) groups is 1. The van der Waals surface area contributed by atoms with Gasteiger partial charge < -0.3 is 5.73 Å². The first kappa shape index (κ1) is 10.5. The van der Waals surface area contributed by atoms with E-state index >= 15 is 0 Å². The minimum atomic E-state index is -0.193. The number of hydrogen-bond acceptors (Lipinski definition) is 2. The van der Waals surface area contributed by atoms with Crippen LogP contribution in [0.4, 0.5) is 4.39 Å². The molecule has 15 heavy (non-hydrogen) atoms. The number of rotatable bonds is 4. The zero-order chi connectivity index (χ0) is 10.7. The minimum absolute atomic E-state index is 0.193. The second kappa shape index (κ2) is 4.66. The van der Waals surface area contributed by atoms with Gasteiger partial charge >= 0.3 is 0 Å². The van der Waals surface area contributed by atoms with Crippen molar-refractivity contribution in [2.75, 3.05) is 5.75 Å². The smallest absolute Gasteiger partial charge is 0.136 e. The van der Waals surface area contributed by atoms with Crippen LogP contribution in [0.15, 0.2) is 34.2 Å². The van der Waals surface area contributed by atoms with Crippen molar-refractivity contribution in [1.29, 1.82) is 0 Å². The highest BCUT2D eigenvalue weighted by Gasteiger charge is 2.20. The molecule has 1 aromatic rings. The summed E-state index contributed by atoms with van der Waals surface area (Å²) in [5.74, 6) is 0.990. The first-order valence-electron chi connectivity index (χ1n) is 4.95. The Bertz CT molecular complexity index is 375. The summed E-state index contributed by atoms with van der Waals surface area (Å²) >= 11 is 1.39. The van der Waals surface area contributed by atoms with E-state index in [9.17, 15) is 4.39 Å². The summed E-state index contributed by atoms with van der Waals surface area (Å²) in [5, 5.41) is 0. The molecule has 0 heterocycles. The Hall–Kier alpha value is -1.03. The Labute approximate surface area is 92.8 Å². The molecule has 80 valence electrons. The van der Waals surface area contributed by atoms with Crippen LogP contribution in [0.2, 0.25) is 0 Å². The molecule has 1 aliphatic rings. The van der Waals surface area contributed by atoms with Crippen LogP contribution in [0, 0.1) is 5.82 Å². The molecule has 4 heteroatoms. The second-order valence-electron chi connectivity index (χ2n) is 3.57. The van der Waals surface area contributed by atoms with E-state index in [0.717, 1.165) is 12.8 Å². The van der Waals surface area contributed by atoms with Crippen molar-refractivity contribution in [3.8, 4) is 0 Å². The summed E-state index contributed by atoms with van der Waals surface area (Å²) in [6, 6.07) is 7.15. The van der Waals surface area contributed by atoms with Gasteiger partial charge in [-0.25, -0.2) is 4.39 Å². The lowest BCUT2D eigenvalue weighted by Crippen LogP contribution is -2.15. The highest BCUT2D eigenvalue weighted by atomic mass is 32.2. The summed E-state index contributed by atoms with van der Waals surface area (Å²) in [4.78, 5) is 4.92. The molecule has 0 aliphatic heterocycles. The SMILES string of the molecule is NC(CSc1ccccc1F)=NC1CC1. The van der Waals surface area contributed by atoms with E-state index in [1.807, 2.05) is 6.07 Å². The molecular formula is C11H13FN2S. The molecule has 1 aliphatic carbocycles. The molecule has 0 radical (unpaired) electrons. The lowest BCUT2D eigenvalue weighted by Gasteiger charge is -2.02. The van der Waals surface area contributed by atoms with Crippen molar-refractivity contribution < 1.29 is 4.39 Å². The van der Waals surface area contributed by atoms with E-state index in [1.54, 1.807) is 12.1 Å². The fourth-order valence-electron chi connectivity index (χ4n) is 1.19. The molecule has 0 saturated heterocycles. The second-order valence-corrected chi connectivity index (χ2v) is 4.59. The Morgan fingerprint density at radius 3 is 2.87 bits per heavy atom. The highest BCUT2D eigenvalue weighted by Crippen LogP contribution is 2.25. The third-order valence-electron chi connectivity index (χ3n) is 2.11. The molecule has 1 aromatic carbocycles. The van der Waals surface area contributed by atoms with Crippen molar-refractivity contribution in [1.82, 2.24) is 0 Å². The van der Waals surface area contributed by atoms with E-state index < -0.39 is 0 Å². The molecule has 2 N–H and O–H groups in total. The number of benzene rings is 1. The number of amidine groups is 1. The minimum Gasteiger partial charge on any atom is -0.387 e. The topological polar surface area (TPSA) is 38.4 Å². The Balaban J connectivity index is 1.89. The fraction of sp³-hybridized carbons (Fsp3) is 0.364. The average Bonchev–Trinajstić information content (AvgIpc) is 3.00. The number of hydrogen-bond donors (Lipinski definition) is 1. The quantitative estimate of drug-likeness (QED) is 0.484. The first-order valence-corrected chi connectivity index (χ1v) is 5.94. The maximum Gasteiger partial charge on any atom is 0.136 e. The van der Waals surface area contributed by atoms with Crippen molar-refractivity contribution in [3.63, 3.8) is 0 Å². The monoisotopic (exact) mass is 224 g/mol. The average molecular weight is 224 g/mol. The molecule has 1 saturated carbocycles. The number of halogens is 1. The van der Waals surface area contributed by atoms with Gasteiger partial charge in [-0.1, -0.05) is 12.1 Å². The predicted octanol–water partition coefficient (Wildman–Crippen LogP) is 2.44. The molecule has 0 aromatic heterocycles. The predicted molar refractivity (Wildman–Crippen MR) is 61.8 cm³/mol. The number of thioether (sulfide) groups is 1. The van der Waals surface area contributed by atoms with E-state index in [0.29, 0.717) is 22.5 Å². The molecule has 0 bridgehead atoms. The lowest BCUT2D eigenvalue weighted by molar-refractivity contribution is 0.602. The van der Waals surface area contributed by atoms with E-state index in [2.05, 4.69) is 4.99 Å². The van der Waals surface area contributed by atoms with Gasteiger partial charge in [0.15, 0.2) is 0 Å². The molecule has 0 amide bonds. The zero-order valence-electron chi connectivity index (χ0n) is 8.32. The maximum absolute atomic E-state index is 13.2. The third kappa shape index (κ3) is 3.23. The van der Waals surface area contributed by atoms with Crippen LogP contribution in [-0.4, -0.2) is 17.6 Å². The Morgan fingerprint density at radius 2 is 2.20 bits per heavy atom. The lowest BCUT2D eigenvalue weighted by atomic mass is 10.3. The molecule has 0 spiro atoms. The van der Waals surface area contributed by atoms with Crippen molar-refractivity contribution in [2.24, 2.45) is 10.7 Å². The summed E-state index contributed by atoms with van der Waals surface area (Å²) in [6.45, 7) is 0. The van der Waals surface area contributed by atoms with Gasteiger partial charge in [0.05, 0.1) is 11.8 Å². The summed E-state index contributed by atoms with van der Waals surface area (Å²) < 4.78 is 13.2. The van der Waals surface area contributed by atoms with Gasteiger partial charge in [-0.3, -0.25) is 4.99 Å². The van der Waals surface area contributed by atoms with Crippen LogP contribution in [-0.2, 0) is 0 Å². The van der Waals surface area contributed by atoms with Gasteiger partial charge in [0.1, 0.15) is 11.7 Å². The Kier molecular flexibility index (Phi) is 3.26. The van der Waals surface area contributed by atoms with Crippen LogP contribution >= 0.6 is 11.8 Å². The summed E-state index contributed by atoms with van der Waals surface area (Å²) in [6.07, 6.45) is 2.29. The van der Waals surface area contributed by atoms with Crippen LogP contribution < -0.4 is 5.73 Å². The maximum atomic E-state index is 13.2. The van der Waals surface area contributed by atoms with E-state index in [1.165, 1.54) is 17.8 Å².